The van der Waals surface area contributed by atoms with Crippen molar-refractivity contribution in [3.63, 3.8) is 0 Å². The molecule has 1 amide bonds. The molecule has 144 valence electrons. The number of esters is 1. The van der Waals surface area contributed by atoms with Crippen molar-refractivity contribution in [1.29, 1.82) is 0 Å². The predicted octanol–water partition coefficient (Wildman–Crippen LogP) is 4.16. The second-order valence-electron chi connectivity index (χ2n) is 6.65. The first-order chi connectivity index (χ1) is 13.3. The van der Waals surface area contributed by atoms with Crippen molar-refractivity contribution in [2.45, 2.75) is 13.8 Å². The Morgan fingerprint density at radius 1 is 1.14 bits per heavy atom. The van der Waals surface area contributed by atoms with Crippen LogP contribution < -0.4 is 15.7 Å². The summed E-state index contributed by atoms with van der Waals surface area (Å²) in [6, 6.07) is 12.9. The first-order valence-electron chi connectivity index (χ1n) is 8.67. The first-order valence-corrected chi connectivity index (χ1v) is 9.46. The van der Waals surface area contributed by atoms with Crippen molar-refractivity contribution < 1.29 is 18.7 Å². The number of carbonyl (C=O) groups is 2. The minimum atomic E-state index is -0.746. The molecule has 0 aliphatic heterocycles. The molecule has 1 aromatic heterocycles. The number of carbonyl (C=O) groups excluding carboxylic acids is 2. The molecule has 0 bridgehead atoms. The lowest BCUT2D eigenvalue weighted by Crippen LogP contribution is -2.31. The topological polar surface area (TPSA) is 85.6 Å². The minimum Gasteiger partial charge on any atom is -0.423 e. The smallest absolute Gasteiger partial charge is 0.349 e. The van der Waals surface area contributed by atoms with Crippen LogP contribution in [0.5, 0.6) is 5.75 Å². The molecule has 0 unspecified atom stereocenters. The maximum atomic E-state index is 12.3. The highest BCUT2D eigenvalue weighted by Crippen LogP contribution is 2.22. The molecule has 0 saturated carbocycles. The molecule has 1 heterocycles. The highest BCUT2D eigenvalue weighted by Gasteiger charge is 2.15. The van der Waals surface area contributed by atoms with Gasteiger partial charge >= 0.3 is 11.6 Å². The summed E-state index contributed by atoms with van der Waals surface area (Å²) >= 11 is 3.30. The van der Waals surface area contributed by atoms with Crippen LogP contribution in [0.25, 0.3) is 11.0 Å². The second-order valence-corrected chi connectivity index (χ2v) is 7.57. The van der Waals surface area contributed by atoms with Gasteiger partial charge in [-0.3, -0.25) is 4.79 Å². The molecule has 2 aromatic carbocycles. The van der Waals surface area contributed by atoms with Gasteiger partial charge in [0.1, 0.15) is 16.9 Å². The fourth-order valence-electron chi connectivity index (χ4n) is 2.49. The van der Waals surface area contributed by atoms with Gasteiger partial charge < -0.3 is 14.5 Å². The van der Waals surface area contributed by atoms with Crippen molar-refractivity contribution >= 4 is 38.8 Å². The maximum Gasteiger partial charge on any atom is 0.349 e. The number of ether oxygens (including phenoxy) is 1. The van der Waals surface area contributed by atoms with E-state index in [-0.39, 0.29) is 22.8 Å². The quantitative estimate of drug-likeness (QED) is 0.363. The van der Waals surface area contributed by atoms with Crippen LogP contribution >= 0.6 is 15.9 Å². The Morgan fingerprint density at radius 2 is 1.93 bits per heavy atom. The first kappa shape index (κ1) is 19.8. The fraction of sp³-hybridized carbons (Fsp3) is 0.190. The standard InChI is InChI=1S/C21H18BrNO5/c1-12(2)11-23-19(24)17-9-13-6-7-16(10-18(13)28-21(17)26)27-20(25)14-4-3-5-15(22)8-14/h3-10,12H,11H2,1-2H3,(H,23,24). The molecule has 7 heteroatoms. The zero-order chi connectivity index (χ0) is 20.3. The van der Waals surface area contributed by atoms with Crippen LogP contribution in [0.1, 0.15) is 34.6 Å². The molecule has 6 nitrogen and oxygen atoms in total. The van der Waals surface area contributed by atoms with Gasteiger partial charge in [0.25, 0.3) is 5.91 Å². The Labute approximate surface area is 169 Å². The zero-order valence-corrected chi connectivity index (χ0v) is 16.9. The van der Waals surface area contributed by atoms with Gasteiger partial charge in [-0.2, -0.15) is 0 Å². The molecule has 3 rings (SSSR count). The lowest BCUT2D eigenvalue weighted by molar-refractivity contribution is 0.0734. The van der Waals surface area contributed by atoms with Crippen LogP contribution in [-0.2, 0) is 0 Å². The summed E-state index contributed by atoms with van der Waals surface area (Å²) in [7, 11) is 0. The van der Waals surface area contributed by atoms with Crippen molar-refractivity contribution in [3.05, 3.63) is 74.6 Å². The number of benzene rings is 2. The van der Waals surface area contributed by atoms with E-state index in [1.165, 1.54) is 12.1 Å². The maximum absolute atomic E-state index is 12.3. The van der Waals surface area contributed by atoms with Gasteiger partial charge in [0.05, 0.1) is 5.56 Å². The van der Waals surface area contributed by atoms with Gasteiger partial charge in [-0.25, -0.2) is 9.59 Å². The van der Waals surface area contributed by atoms with Crippen LogP contribution in [0, 0.1) is 5.92 Å². The molecular weight excluding hydrogens is 426 g/mol. The molecule has 3 aromatic rings. The fourth-order valence-corrected chi connectivity index (χ4v) is 2.89. The predicted molar refractivity (Wildman–Crippen MR) is 109 cm³/mol. The number of fused-ring (bicyclic) bond motifs is 1. The highest BCUT2D eigenvalue weighted by atomic mass is 79.9. The van der Waals surface area contributed by atoms with E-state index in [0.717, 1.165) is 4.47 Å². The summed E-state index contributed by atoms with van der Waals surface area (Å²) in [4.78, 5) is 36.6. The van der Waals surface area contributed by atoms with E-state index in [1.54, 1.807) is 36.4 Å². The lowest BCUT2D eigenvalue weighted by atomic mass is 10.1. The van der Waals surface area contributed by atoms with Crippen LogP contribution in [0.4, 0.5) is 0 Å². The number of hydrogen-bond donors (Lipinski definition) is 1. The largest absolute Gasteiger partial charge is 0.423 e. The normalized spacial score (nSPS) is 10.9. The average molecular weight is 444 g/mol. The van der Waals surface area contributed by atoms with E-state index in [9.17, 15) is 14.4 Å². The number of hydrogen-bond acceptors (Lipinski definition) is 5. The van der Waals surface area contributed by atoms with E-state index in [1.807, 2.05) is 13.8 Å². The number of halogens is 1. The molecule has 0 spiro atoms. The summed E-state index contributed by atoms with van der Waals surface area (Å²) in [5.74, 6) is -0.515. The summed E-state index contributed by atoms with van der Waals surface area (Å²) in [6.45, 7) is 4.38. The van der Waals surface area contributed by atoms with E-state index in [2.05, 4.69) is 21.2 Å². The molecule has 28 heavy (non-hydrogen) atoms. The molecule has 0 aliphatic rings. The third-order valence-corrected chi connectivity index (χ3v) is 4.39. The van der Waals surface area contributed by atoms with Crippen LogP contribution in [-0.4, -0.2) is 18.4 Å². The minimum absolute atomic E-state index is 0.0629. The van der Waals surface area contributed by atoms with E-state index < -0.39 is 17.5 Å². The van der Waals surface area contributed by atoms with Crippen molar-refractivity contribution in [1.82, 2.24) is 5.32 Å². The molecule has 0 fully saturated rings. The SMILES string of the molecule is CC(C)CNC(=O)c1cc2ccc(OC(=O)c3cccc(Br)c3)cc2oc1=O. The van der Waals surface area contributed by atoms with E-state index in [0.29, 0.717) is 17.5 Å². The Hall–Kier alpha value is -2.93. The van der Waals surface area contributed by atoms with Crippen LogP contribution in [0.2, 0.25) is 0 Å². The highest BCUT2D eigenvalue weighted by molar-refractivity contribution is 9.10. The third-order valence-electron chi connectivity index (χ3n) is 3.89. The molecule has 0 saturated heterocycles. The van der Waals surface area contributed by atoms with Crippen molar-refractivity contribution in [2.75, 3.05) is 6.54 Å². The lowest BCUT2D eigenvalue weighted by Gasteiger charge is -2.08. The second kappa shape index (κ2) is 8.39. The van der Waals surface area contributed by atoms with Gasteiger partial charge in [0, 0.05) is 22.5 Å². The molecule has 0 radical (unpaired) electrons. The Bertz CT molecular complexity index is 1100. The Morgan fingerprint density at radius 3 is 2.64 bits per heavy atom. The summed E-state index contributed by atoms with van der Waals surface area (Å²) in [5.41, 5.74) is -0.200. The third kappa shape index (κ3) is 4.67. The van der Waals surface area contributed by atoms with Gasteiger partial charge in [-0.1, -0.05) is 35.8 Å². The molecular formula is C21H18BrNO5. The molecule has 0 aliphatic carbocycles. The Balaban J connectivity index is 1.84. The monoisotopic (exact) mass is 443 g/mol. The van der Waals surface area contributed by atoms with E-state index >= 15 is 0 Å². The number of nitrogens with one attached hydrogen (secondary N) is 1. The zero-order valence-electron chi connectivity index (χ0n) is 15.3. The van der Waals surface area contributed by atoms with Gasteiger partial charge in [0.2, 0.25) is 0 Å². The number of amides is 1. The van der Waals surface area contributed by atoms with Crippen LogP contribution in [0.15, 0.2) is 62.2 Å². The van der Waals surface area contributed by atoms with Gasteiger partial charge in [0.15, 0.2) is 0 Å². The summed E-state index contributed by atoms with van der Waals surface area (Å²) in [6.07, 6.45) is 0. The molecule has 1 N–H and O–H groups in total. The Kier molecular flexibility index (Phi) is 5.94. The number of rotatable bonds is 5. The van der Waals surface area contributed by atoms with Gasteiger partial charge in [-0.05, 0) is 42.3 Å². The van der Waals surface area contributed by atoms with Crippen molar-refractivity contribution in [2.24, 2.45) is 5.92 Å². The van der Waals surface area contributed by atoms with E-state index in [4.69, 9.17) is 9.15 Å². The van der Waals surface area contributed by atoms with Crippen LogP contribution in [0.3, 0.4) is 0 Å². The van der Waals surface area contributed by atoms with Crippen molar-refractivity contribution in [3.8, 4) is 5.75 Å². The van der Waals surface area contributed by atoms with Gasteiger partial charge in [-0.15, -0.1) is 0 Å². The summed E-state index contributed by atoms with van der Waals surface area (Å²) in [5, 5.41) is 3.24. The average Bonchev–Trinajstić information content (AvgIpc) is 2.65. The molecule has 0 atom stereocenters. The summed E-state index contributed by atoms with van der Waals surface area (Å²) < 4.78 is 11.4.